The third-order valence-electron chi connectivity index (χ3n) is 4.11. The Hall–Kier alpha value is -2.13. The Morgan fingerprint density at radius 1 is 0.964 bits per heavy atom. The zero-order valence-corrected chi connectivity index (χ0v) is 15.0. The second-order valence-corrected chi connectivity index (χ2v) is 6.28. The molecule has 0 aliphatic rings. The van der Waals surface area contributed by atoms with Crippen LogP contribution in [-0.2, 0) is 12.4 Å². The molecule has 0 aliphatic carbocycles. The Kier molecular flexibility index (Phi) is 7.06. The van der Waals surface area contributed by atoms with Gasteiger partial charge >= 0.3 is 12.4 Å². The van der Waals surface area contributed by atoms with Gasteiger partial charge in [-0.1, -0.05) is 31.5 Å². The van der Waals surface area contributed by atoms with E-state index in [2.05, 4.69) is 10.3 Å². The molecule has 2 N–H and O–H groups in total. The molecule has 0 bridgehead atoms. The smallest absolute Gasteiger partial charge is 0.387 e. The van der Waals surface area contributed by atoms with E-state index in [4.69, 9.17) is 0 Å². The van der Waals surface area contributed by atoms with Crippen LogP contribution >= 0.6 is 0 Å². The summed E-state index contributed by atoms with van der Waals surface area (Å²) in [6.45, 7) is 2.46. The molecule has 0 unspecified atom stereocenters. The van der Waals surface area contributed by atoms with Gasteiger partial charge in [0, 0.05) is 17.7 Å². The summed E-state index contributed by atoms with van der Waals surface area (Å²) in [5.74, 6) is 0. The molecular weight excluding hydrogens is 386 g/mol. The molecule has 0 saturated heterocycles. The zero-order chi connectivity index (χ0) is 20.9. The molecule has 0 amide bonds. The van der Waals surface area contributed by atoms with Gasteiger partial charge in [-0.05, 0) is 31.2 Å². The maximum atomic E-state index is 13.4. The number of aliphatic hydroxyl groups excluding tert-OH is 1. The van der Waals surface area contributed by atoms with Gasteiger partial charge in [-0.15, -0.1) is 0 Å². The van der Waals surface area contributed by atoms with Crippen LogP contribution in [0.15, 0.2) is 36.4 Å². The van der Waals surface area contributed by atoms with E-state index in [1.54, 1.807) is 0 Å². The molecule has 3 nitrogen and oxygen atoms in total. The summed E-state index contributed by atoms with van der Waals surface area (Å²) >= 11 is 0. The highest BCUT2D eigenvalue weighted by Crippen LogP contribution is 2.36. The summed E-state index contributed by atoms with van der Waals surface area (Å²) in [5, 5.41) is 13.0. The van der Waals surface area contributed by atoms with Gasteiger partial charge in [-0.3, -0.25) is 0 Å². The Labute approximate surface area is 158 Å². The van der Waals surface area contributed by atoms with Crippen LogP contribution in [0.5, 0.6) is 0 Å². The van der Waals surface area contributed by atoms with Gasteiger partial charge < -0.3 is 10.4 Å². The first kappa shape index (κ1) is 22.2. The molecule has 0 fully saturated rings. The fourth-order valence-electron chi connectivity index (χ4n) is 2.61. The minimum atomic E-state index is -4.82. The molecule has 9 heteroatoms. The lowest BCUT2D eigenvalue weighted by molar-refractivity contribution is -0.142. The fraction of sp³-hybridized carbons (Fsp3) is 0.421. The number of aromatic nitrogens is 1. The molecule has 1 atom stereocenters. The molecule has 0 radical (unpaired) electrons. The van der Waals surface area contributed by atoms with Crippen molar-refractivity contribution in [3.8, 4) is 11.3 Å². The third-order valence-corrected chi connectivity index (χ3v) is 4.11. The van der Waals surface area contributed by atoms with E-state index in [9.17, 15) is 31.4 Å². The molecule has 0 saturated carbocycles. The van der Waals surface area contributed by atoms with Crippen LogP contribution in [0.4, 0.5) is 26.3 Å². The number of pyridine rings is 1. The second-order valence-electron chi connectivity index (χ2n) is 6.28. The Bertz CT molecular complexity index is 771. The Balaban J connectivity index is 2.31. The summed E-state index contributed by atoms with van der Waals surface area (Å²) in [5.41, 5.74) is -2.56. The average molecular weight is 406 g/mol. The molecule has 0 aliphatic heterocycles. The molecule has 154 valence electrons. The first-order chi connectivity index (χ1) is 13.0. The summed E-state index contributed by atoms with van der Waals surface area (Å²) in [6, 6.07) is 6.05. The van der Waals surface area contributed by atoms with Gasteiger partial charge in [-0.2, -0.15) is 26.3 Å². The van der Waals surface area contributed by atoms with E-state index in [-0.39, 0.29) is 23.4 Å². The van der Waals surface area contributed by atoms with Gasteiger partial charge in [0.2, 0.25) is 0 Å². The normalized spacial score (nSPS) is 13.6. The molecule has 1 aromatic heterocycles. The van der Waals surface area contributed by atoms with Crippen molar-refractivity contribution in [3.05, 3.63) is 53.2 Å². The molecule has 2 aromatic rings. The molecule has 1 heterocycles. The molecular formula is C19H20F6N2O. The highest BCUT2D eigenvalue weighted by Gasteiger charge is 2.37. The highest BCUT2D eigenvalue weighted by molar-refractivity contribution is 5.60. The van der Waals surface area contributed by atoms with E-state index in [0.29, 0.717) is 6.54 Å². The lowest BCUT2D eigenvalue weighted by Crippen LogP contribution is -2.25. The summed E-state index contributed by atoms with van der Waals surface area (Å²) in [6.07, 6.45) is -9.05. The fourth-order valence-corrected chi connectivity index (χ4v) is 2.61. The number of rotatable bonds is 7. The zero-order valence-electron chi connectivity index (χ0n) is 15.0. The van der Waals surface area contributed by atoms with Crippen molar-refractivity contribution in [2.24, 2.45) is 0 Å². The van der Waals surface area contributed by atoms with Crippen molar-refractivity contribution in [2.45, 2.75) is 38.2 Å². The van der Waals surface area contributed by atoms with Gasteiger partial charge in [-0.25, -0.2) is 4.98 Å². The summed E-state index contributed by atoms with van der Waals surface area (Å²) < 4.78 is 78.2. The number of nitrogens with zero attached hydrogens (tertiary/aromatic N) is 1. The number of halogens is 6. The first-order valence-corrected chi connectivity index (χ1v) is 8.68. The monoisotopic (exact) mass is 406 g/mol. The van der Waals surface area contributed by atoms with E-state index in [0.717, 1.165) is 43.2 Å². The van der Waals surface area contributed by atoms with Crippen molar-refractivity contribution in [1.29, 1.82) is 0 Å². The highest BCUT2D eigenvalue weighted by atomic mass is 19.4. The molecule has 2 rings (SSSR count). The number of benzene rings is 1. The van der Waals surface area contributed by atoms with E-state index >= 15 is 0 Å². The largest absolute Gasteiger partial charge is 0.433 e. The quantitative estimate of drug-likeness (QED) is 0.490. The van der Waals surface area contributed by atoms with Crippen molar-refractivity contribution in [2.75, 3.05) is 13.1 Å². The van der Waals surface area contributed by atoms with Crippen LogP contribution < -0.4 is 5.32 Å². The Morgan fingerprint density at radius 3 is 2.14 bits per heavy atom. The molecule has 28 heavy (non-hydrogen) atoms. The van der Waals surface area contributed by atoms with Gasteiger partial charge in [0.05, 0.1) is 17.4 Å². The van der Waals surface area contributed by atoms with Crippen LogP contribution in [0.3, 0.4) is 0 Å². The maximum Gasteiger partial charge on any atom is 0.433 e. The van der Waals surface area contributed by atoms with Crippen LogP contribution in [-0.4, -0.2) is 23.2 Å². The second kappa shape index (κ2) is 8.91. The number of hydrogen-bond acceptors (Lipinski definition) is 3. The lowest BCUT2D eigenvalue weighted by Gasteiger charge is -2.18. The molecule has 1 aromatic carbocycles. The number of unbranched alkanes of at least 4 members (excludes halogenated alkanes) is 1. The van der Waals surface area contributed by atoms with Gasteiger partial charge in [0.15, 0.2) is 5.69 Å². The number of nitrogens with one attached hydrogen (secondary N) is 1. The van der Waals surface area contributed by atoms with Crippen molar-refractivity contribution < 1.29 is 31.4 Å². The van der Waals surface area contributed by atoms with Crippen LogP contribution in [0, 0.1) is 0 Å². The minimum absolute atomic E-state index is 0.0651. The molecule has 0 spiro atoms. The SMILES string of the molecule is CCCCNC[C@H](O)c1ccc(-c2ccc(C(F)(F)F)cc2)nc1C(F)(F)F. The van der Waals surface area contributed by atoms with Gasteiger partial charge in [0.1, 0.15) is 0 Å². The van der Waals surface area contributed by atoms with Crippen LogP contribution in [0.1, 0.15) is 42.7 Å². The van der Waals surface area contributed by atoms with Gasteiger partial charge in [0.25, 0.3) is 0 Å². The third kappa shape index (κ3) is 5.68. The Morgan fingerprint density at radius 2 is 1.61 bits per heavy atom. The van der Waals surface area contributed by atoms with Crippen molar-refractivity contribution in [3.63, 3.8) is 0 Å². The number of hydrogen-bond donors (Lipinski definition) is 2. The van der Waals surface area contributed by atoms with Crippen molar-refractivity contribution >= 4 is 0 Å². The van der Waals surface area contributed by atoms with Crippen LogP contribution in [0.2, 0.25) is 0 Å². The van der Waals surface area contributed by atoms with E-state index in [1.807, 2.05) is 6.92 Å². The summed E-state index contributed by atoms with van der Waals surface area (Å²) in [7, 11) is 0. The van der Waals surface area contributed by atoms with Crippen LogP contribution in [0.25, 0.3) is 11.3 Å². The summed E-state index contributed by atoms with van der Waals surface area (Å²) in [4.78, 5) is 3.58. The average Bonchev–Trinajstić information content (AvgIpc) is 2.63. The minimum Gasteiger partial charge on any atom is -0.387 e. The standard InChI is InChI=1S/C19H20F6N2O/c1-2-3-10-26-11-16(28)14-8-9-15(27-17(14)19(23,24)25)12-4-6-13(7-5-12)18(20,21)22/h4-9,16,26,28H,2-3,10-11H2,1H3/t16-/m0/s1. The van der Waals surface area contributed by atoms with E-state index < -0.39 is 29.7 Å². The predicted octanol–water partition coefficient (Wildman–Crippen LogP) is 5.21. The number of aliphatic hydroxyl groups is 1. The predicted molar refractivity (Wildman–Crippen MR) is 92.4 cm³/mol. The maximum absolute atomic E-state index is 13.4. The first-order valence-electron chi connectivity index (χ1n) is 8.68. The van der Waals surface area contributed by atoms with E-state index in [1.165, 1.54) is 6.07 Å². The van der Waals surface area contributed by atoms with Crippen molar-refractivity contribution in [1.82, 2.24) is 10.3 Å². The lowest BCUT2D eigenvalue weighted by atomic mass is 10.0. The number of alkyl halides is 6. The topological polar surface area (TPSA) is 45.1 Å².